The van der Waals surface area contributed by atoms with E-state index in [0.29, 0.717) is 17.7 Å². The molecule has 2 N–H and O–H groups in total. The SMILES string of the molecule is CC(C)(C)OC(=O)C(Cc1ccc(Cl)c(Cl)c1)C(=O)CC(N)c1cc(C(F)(F)F)cc(C(F)(F)F)c1. The zero-order chi connectivity index (χ0) is 27.6. The van der Waals surface area contributed by atoms with Gasteiger partial charge in [0, 0.05) is 12.5 Å². The molecular weight excluding hydrogens is 535 g/mol. The molecule has 0 aromatic heterocycles. The van der Waals surface area contributed by atoms with Gasteiger partial charge in [-0.2, -0.15) is 26.3 Å². The number of ketones is 1. The zero-order valence-electron chi connectivity index (χ0n) is 19.4. The lowest BCUT2D eigenvalue weighted by Gasteiger charge is -2.24. The van der Waals surface area contributed by atoms with E-state index in [-0.39, 0.29) is 22.5 Å². The van der Waals surface area contributed by atoms with E-state index in [1.165, 1.54) is 18.2 Å². The second-order valence-electron chi connectivity index (χ2n) is 9.15. The van der Waals surface area contributed by atoms with Gasteiger partial charge in [0.1, 0.15) is 17.3 Å². The molecule has 0 spiro atoms. The summed E-state index contributed by atoms with van der Waals surface area (Å²) in [6, 6.07) is 3.70. The normalized spacial score (nSPS) is 14.3. The number of carbonyl (C=O) groups excluding carboxylic acids is 2. The molecule has 12 heteroatoms. The summed E-state index contributed by atoms with van der Waals surface area (Å²) in [5, 5.41) is 0.387. The minimum absolute atomic E-state index is 0.0359. The molecule has 0 aliphatic heterocycles. The van der Waals surface area contributed by atoms with Gasteiger partial charge in [0.25, 0.3) is 0 Å². The molecule has 0 aliphatic carbocycles. The molecule has 2 aromatic carbocycles. The Hall–Kier alpha value is -2.30. The average Bonchev–Trinajstić information content (AvgIpc) is 2.71. The zero-order valence-corrected chi connectivity index (χ0v) is 20.9. The van der Waals surface area contributed by atoms with E-state index >= 15 is 0 Å². The summed E-state index contributed by atoms with van der Waals surface area (Å²) in [4.78, 5) is 25.9. The number of Topliss-reactive ketones (excluding diaryl/α,β-unsaturated/α-hetero) is 1. The largest absolute Gasteiger partial charge is 0.459 e. The third-order valence-electron chi connectivity index (χ3n) is 4.96. The highest BCUT2D eigenvalue weighted by atomic mass is 35.5. The Morgan fingerprint density at radius 3 is 1.86 bits per heavy atom. The standard InChI is InChI=1S/C24H23Cl2F6NO3/c1-22(2,3)36-21(35)16(6-12-4-5-17(25)18(26)7-12)20(34)11-19(33)13-8-14(23(27,28)29)10-15(9-13)24(30,31)32/h4-5,7-10,16,19H,6,11,33H2,1-3H3. The van der Waals surface area contributed by atoms with Crippen molar-refractivity contribution >= 4 is 35.0 Å². The smallest absolute Gasteiger partial charge is 0.416 e. The van der Waals surface area contributed by atoms with Crippen molar-refractivity contribution in [1.82, 2.24) is 0 Å². The van der Waals surface area contributed by atoms with Gasteiger partial charge >= 0.3 is 18.3 Å². The molecule has 198 valence electrons. The maximum absolute atomic E-state index is 13.2. The number of ether oxygens (including phenoxy) is 1. The highest BCUT2D eigenvalue weighted by molar-refractivity contribution is 6.42. The van der Waals surface area contributed by atoms with Crippen LogP contribution in [0.25, 0.3) is 0 Å². The first-order valence-electron chi connectivity index (χ1n) is 10.5. The van der Waals surface area contributed by atoms with Crippen LogP contribution in [0.1, 0.15) is 55.5 Å². The first kappa shape index (κ1) is 29.9. The molecular formula is C24H23Cl2F6NO3. The number of rotatable bonds is 7. The van der Waals surface area contributed by atoms with Crippen LogP contribution in [0.5, 0.6) is 0 Å². The minimum atomic E-state index is -5.08. The van der Waals surface area contributed by atoms with Gasteiger partial charge in [-0.25, -0.2) is 0 Å². The van der Waals surface area contributed by atoms with Crippen LogP contribution in [0.4, 0.5) is 26.3 Å². The van der Waals surface area contributed by atoms with E-state index in [9.17, 15) is 35.9 Å². The van der Waals surface area contributed by atoms with Crippen LogP contribution in [0.2, 0.25) is 10.0 Å². The average molecular weight is 558 g/mol. The van der Waals surface area contributed by atoms with Crippen molar-refractivity contribution in [2.45, 2.75) is 57.6 Å². The number of alkyl halides is 6. The van der Waals surface area contributed by atoms with Crippen LogP contribution in [-0.4, -0.2) is 17.4 Å². The fourth-order valence-electron chi connectivity index (χ4n) is 3.27. The van der Waals surface area contributed by atoms with Crippen molar-refractivity contribution < 1.29 is 40.7 Å². The van der Waals surface area contributed by atoms with Crippen LogP contribution < -0.4 is 5.73 Å². The van der Waals surface area contributed by atoms with E-state index in [4.69, 9.17) is 33.7 Å². The predicted molar refractivity (Wildman–Crippen MR) is 122 cm³/mol. The van der Waals surface area contributed by atoms with Crippen molar-refractivity contribution in [3.05, 3.63) is 68.7 Å². The van der Waals surface area contributed by atoms with Gasteiger partial charge in [0.2, 0.25) is 0 Å². The van der Waals surface area contributed by atoms with Gasteiger partial charge in [-0.1, -0.05) is 29.3 Å². The number of carbonyl (C=O) groups is 2. The summed E-state index contributed by atoms with van der Waals surface area (Å²) in [5.74, 6) is -3.19. The first-order chi connectivity index (χ1) is 16.3. The molecule has 2 aromatic rings. The number of halogens is 8. The van der Waals surface area contributed by atoms with E-state index in [1.807, 2.05) is 0 Å². The topological polar surface area (TPSA) is 69.4 Å². The van der Waals surface area contributed by atoms with E-state index in [0.717, 1.165) is 0 Å². The fourth-order valence-corrected chi connectivity index (χ4v) is 3.59. The number of nitrogens with two attached hydrogens (primary N) is 1. The molecule has 0 bridgehead atoms. The maximum atomic E-state index is 13.2. The molecule has 2 rings (SSSR count). The Morgan fingerprint density at radius 1 is 0.889 bits per heavy atom. The van der Waals surface area contributed by atoms with Crippen molar-refractivity contribution in [3.8, 4) is 0 Å². The molecule has 0 aliphatic rings. The highest BCUT2D eigenvalue weighted by Crippen LogP contribution is 2.38. The molecule has 2 atom stereocenters. The van der Waals surface area contributed by atoms with Crippen molar-refractivity contribution in [2.75, 3.05) is 0 Å². The Kier molecular flexibility index (Phi) is 9.13. The van der Waals surface area contributed by atoms with Crippen molar-refractivity contribution in [3.63, 3.8) is 0 Å². The summed E-state index contributed by atoms with van der Waals surface area (Å²) in [6.45, 7) is 4.70. The number of hydrogen-bond donors (Lipinski definition) is 1. The predicted octanol–water partition coefficient (Wildman–Crippen LogP) is 7.19. The number of esters is 1. The lowest BCUT2D eigenvalue weighted by atomic mass is 9.89. The van der Waals surface area contributed by atoms with Gasteiger partial charge in [0.05, 0.1) is 21.2 Å². The maximum Gasteiger partial charge on any atom is 0.416 e. The molecule has 36 heavy (non-hydrogen) atoms. The van der Waals surface area contributed by atoms with Crippen LogP contribution in [0, 0.1) is 5.92 Å². The van der Waals surface area contributed by atoms with E-state index < -0.39 is 64.8 Å². The van der Waals surface area contributed by atoms with Crippen molar-refractivity contribution in [1.29, 1.82) is 0 Å². The Balaban J connectivity index is 2.40. The summed E-state index contributed by atoms with van der Waals surface area (Å²) in [7, 11) is 0. The third-order valence-corrected chi connectivity index (χ3v) is 5.70. The Bertz CT molecular complexity index is 1090. The molecule has 0 fully saturated rings. The van der Waals surface area contributed by atoms with Gasteiger partial charge in [-0.05, 0) is 68.7 Å². The summed E-state index contributed by atoms with van der Waals surface area (Å²) >= 11 is 11.9. The molecule has 0 heterocycles. The Labute approximate surface area is 213 Å². The lowest BCUT2D eigenvalue weighted by molar-refractivity contribution is -0.162. The van der Waals surface area contributed by atoms with Gasteiger partial charge in [-0.15, -0.1) is 0 Å². The lowest BCUT2D eigenvalue weighted by Crippen LogP contribution is -2.35. The highest BCUT2D eigenvalue weighted by Gasteiger charge is 2.38. The van der Waals surface area contributed by atoms with Crippen LogP contribution in [0.3, 0.4) is 0 Å². The van der Waals surface area contributed by atoms with Gasteiger partial charge in [-0.3, -0.25) is 9.59 Å². The molecule has 0 radical (unpaired) electrons. The summed E-state index contributed by atoms with van der Waals surface area (Å²) < 4.78 is 84.5. The number of benzene rings is 2. The second kappa shape index (κ2) is 11.0. The van der Waals surface area contributed by atoms with Crippen LogP contribution in [0.15, 0.2) is 36.4 Å². The molecule has 0 amide bonds. The summed E-state index contributed by atoms with van der Waals surface area (Å²) in [5.41, 5.74) is 1.66. The molecule has 4 nitrogen and oxygen atoms in total. The minimum Gasteiger partial charge on any atom is -0.459 e. The molecule has 2 unspecified atom stereocenters. The van der Waals surface area contributed by atoms with Crippen molar-refractivity contribution in [2.24, 2.45) is 11.7 Å². The monoisotopic (exact) mass is 557 g/mol. The van der Waals surface area contributed by atoms with Crippen LogP contribution in [-0.2, 0) is 33.1 Å². The first-order valence-corrected chi connectivity index (χ1v) is 11.3. The molecule has 0 saturated heterocycles. The number of hydrogen-bond acceptors (Lipinski definition) is 4. The third kappa shape index (κ3) is 8.38. The van der Waals surface area contributed by atoms with Gasteiger partial charge < -0.3 is 10.5 Å². The van der Waals surface area contributed by atoms with E-state index in [2.05, 4.69) is 0 Å². The van der Waals surface area contributed by atoms with E-state index in [1.54, 1.807) is 20.8 Å². The van der Waals surface area contributed by atoms with Crippen LogP contribution >= 0.6 is 23.2 Å². The second-order valence-corrected chi connectivity index (χ2v) is 9.97. The van der Waals surface area contributed by atoms with Gasteiger partial charge in [0.15, 0.2) is 0 Å². The summed E-state index contributed by atoms with van der Waals surface area (Å²) in [6.07, 6.45) is -11.1. The quantitative estimate of drug-likeness (QED) is 0.222. The fraction of sp³-hybridized carbons (Fsp3) is 0.417. The Morgan fingerprint density at radius 2 is 1.42 bits per heavy atom. The molecule has 0 saturated carbocycles.